The van der Waals surface area contributed by atoms with Gasteiger partial charge >= 0.3 is 6.09 Å². The lowest BCUT2D eigenvalue weighted by Crippen LogP contribution is -2.31. The van der Waals surface area contributed by atoms with Crippen LogP contribution in [0.3, 0.4) is 0 Å². The van der Waals surface area contributed by atoms with E-state index in [-0.39, 0.29) is 6.61 Å². The van der Waals surface area contributed by atoms with Crippen molar-refractivity contribution in [3.63, 3.8) is 0 Å². The highest BCUT2D eigenvalue weighted by molar-refractivity contribution is 9.10. The molecule has 0 aliphatic rings. The van der Waals surface area contributed by atoms with Gasteiger partial charge in [0.1, 0.15) is 12.4 Å². The molecule has 1 amide bonds. The van der Waals surface area contributed by atoms with E-state index in [9.17, 15) is 4.79 Å². The number of carbonyl (C=O) groups is 1. The molecule has 20 heavy (non-hydrogen) atoms. The molecule has 1 heterocycles. The minimum Gasteiger partial charge on any atom is -0.444 e. The second-order valence-corrected chi connectivity index (χ2v) is 5.03. The third-order valence-electron chi connectivity index (χ3n) is 2.73. The van der Waals surface area contributed by atoms with Crippen LogP contribution in [0.2, 0.25) is 0 Å². The molecule has 1 aromatic carbocycles. The molecular formula is C15H15BrN2O2. The smallest absolute Gasteiger partial charge is 0.415 e. The number of carbonyl (C=O) groups excluding carboxylic acids is 1. The summed E-state index contributed by atoms with van der Waals surface area (Å²) in [6.07, 6.45) is 1.26. The molecule has 0 saturated carbocycles. The monoisotopic (exact) mass is 334 g/mol. The van der Waals surface area contributed by atoms with E-state index in [1.165, 1.54) is 4.90 Å². The van der Waals surface area contributed by atoms with E-state index in [1.807, 2.05) is 43.3 Å². The Bertz CT molecular complexity index is 558. The Morgan fingerprint density at radius 3 is 2.60 bits per heavy atom. The number of halogens is 1. The number of pyridine rings is 1. The number of rotatable bonds is 4. The Kier molecular flexibility index (Phi) is 5.12. The number of nitrogens with zero attached hydrogens (tertiary/aromatic N) is 2. The van der Waals surface area contributed by atoms with Crippen molar-refractivity contribution in [1.29, 1.82) is 0 Å². The molecule has 0 fully saturated rings. The number of hydrogen-bond donors (Lipinski definition) is 0. The Hall–Kier alpha value is -1.88. The minimum atomic E-state index is -0.397. The van der Waals surface area contributed by atoms with Gasteiger partial charge in [0.05, 0.1) is 0 Å². The predicted molar refractivity (Wildman–Crippen MR) is 81.6 cm³/mol. The van der Waals surface area contributed by atoms with Gasteiger partial charge in [-0.2, -0.15) is 0 Å². The average Bonchev–Trinajstić information content (AvgIpc) is 2.49. The molecule has 0 saturated heterocycles. The summed E-state index contributed by atoms with van der Waals surface area (Å²) in [5.74, 6) is 0.578. The Morgan fingerprint density at radius 1 is 1.25 bits per heavy atom. The first-order chi connectivity index (χ1) is 9.70. The molecule has 0 bridgehead atoms. The van der Waals surface area contributed by atoms with Crippen molar-refractivity contribution >= 4 is 27.8 Å². The molecule has 0 unspecified atom stereocenters. The lowest BCUT2D eigenvalue weighted by molar-refractivity contribution is 0.147. The van der Waals surface area contributed by atoms with Gasteiger partial charge < -0.3 is 4.74 Å². The van der Waals surface area contributed by atoms with Crippen molar-refractivity contribution in [1.82, 2.24) is 4.98 Å². The number of benzene rings is 1. The Balaban J connectivity index is 2.00. The maximum atomic E-state index is 12.1. The van der Waals surface area contributed by atoms with E-state index in [0.29, 0.717) is 12.4 Å². The van der Waals surface area contributed by atoms with E-state index in [1.54, 1.807) is 12.3 Å². The standard InChI is InChI=1S/C15H15BrN2O2/c1-2-18(14-9-8-13(16)10-17-14)15(19)20-11-12-6-4-3-5-7-12/h3-10H,2,11H2,1H3. The molecule has 0 N–H and O–H groups in total. The molecule has 4 nitrogen and oxygen atoms in total. The van der Waals surface area contributed by atoms with E-state index in [2.05, 4.69) is 20.9 Å². The maximum Gasteiger partial charge on any atom is 0.415 e. The number of amides is 1. The van der Waals surface area contributed by atoms with Crippen molar-refractivity contribution in [2.24, 2.45) is 0 Å². The van der Waals surface area contributed by atoms with E-state index in [4.69, 9.17) is 4.74 Å². The molecule has 0 radical (unpaired) electrons. The predicted octanol–water partition coefficient (Wildman–Crippen LogP) is 4.01. The fourth-order valence-electron chi connectivity index (χ4n) is 1.71. The summed E-state index contributed by atoms with van der Waals surface area (Å²) in [7, 11) is 0. The summed E-state index contributed by atoms with van der Waals surface area (Å²) in [6, 6.07) is 13.2. The van der Waals surface area contributed by atoms with Crippen molar-refractivity contribution in [3.8, 4) is 0 Å². The van der Waals surface area contributed by atoms with Crippen LogP contribution in [0, 0.1) is 0 Å². The third-order valence-corrected chi connectivity index (χ3v) is 3.20. The first-order valence-corrected chi connectivity index (χ1v) is 7.09. The minimum absolute atomic E-state index is 0.257. The highest BCUT2D eigenvalue weighted by Gasteiger charge is 2.16. The van der Waals surface area contributed by atoms with Crippen LogP contribution in [0.5, 0.6) is 0 Å². The second-order valence-electron chi connectivity index (χ2n) is 4.12. The first kappa shape index (κ1) is 14.5. The highest BCUT2D eigenvalue weighted by atomic mass is 79.9. The van der Waals surface area contributed by atoms with Crippen molar-refractivity contribution in [2.75, 3.05) is 11.4 Å². The zero-order valence-corrected chi connectivity index (χ0v) is 12.7. The molecule has 0 spiro atoms. The molecule has 0 atom stereocenters. The molecule has 2 aromatic rings. The molecule has 1 aromatic heterocycles. The number of hydrogen-bond acceptors (Lipinski definition) is 3. The van der Waals surface area contributed by atoms with Crippen LogP contribution in [-0.4, -0.2) is 17.6 Å². The van der Waals surface area contributed by atoms with Crippen LogP contribution in [0.15, 0.2) is 53.1 Å². The molecule has 2 rings (SSSR count). The quantitative estimate of drug-likeness (QED) is 0.848. The van der Waals surface area contributed by atoms with E-state index >= 15 is 0 Å². The zero-order valence-electron chi connectivity index (χ0n) is 11.1. The molecular weight excluding hydrogens is 320 g/mol. The van der Waals surface area contributed by atoms with Gasteiger partial charge in [-0.1, -0.05) is 30.3 Å². The number of ether oxygens (including phenoxy) is 1. The van der Waals surface area contributed by atoms with Gasteiger partial charge in [-0.05, 0) is 40.5 Å². The summed E-state index contributed by atoms with van der Waals surface area (Å²) in [5, 5.41) is 0. The summed E-state index contributed by atoms with van der Waals surface area (Å²) in [4.78, 5) is 17.8. The highest BCUT2D eigenvalue weighted by Crippen LogP contribution is 2.16. The SMILES string of the molecule is CCN(C(=O)OCc1ccccc1)c1ccc(Br)cn1. The van der Waals surface area contributed by atoms with Gasteiger partial charge in [0.15, 0.2) is 0 Å². The lowest BCUT2D eigenvalue weighted by Gasteiger charge is -2.19. The Labute approximate surface area is 126 Å². The van der Waals surface area contributed by atoms with Crippen molar-refractivity contribution in [2.45, 2.75) is 13.5 Å². The third kappa shape index (κ3) is 3.81. The average molecular weight is 335 g/mol. The molecule has 5 heteroatoms. The summed E-state index contributed by atoms with van der Waals surface area (Å²) < 4.78 is 6.17. The number of aromatic nitrogens is 1. The van der Waals surface area contributed by atoms with Gasteiger partial charge in [-0.15, -0.1) is 0 Å². The largest absolute Gasteiger partial charge is 0.444 e. The number of anilines is 1. The second kappa shape index (κ2) is 7.05. The summed E-state index contributed by atoms with van der Waals surface area (Å²) >= 11 is 3.32. The van der Waals surface area contributed by atoms with Crippen molar-refractivity contribution in [3.05, 3.63) is 58.7 Å². The van der Waals surface area contributed by atoms with Gasteiger partial charge in [0.25, 0.3) is 0 Å². The van der Waals surface area contributed by atoms with Crippen LogP contribution >= 0.6 is 15.9 Å². The van der Waals surface area contributed by atoms with Crippen molar-refractivity contribution < 1.29 is 9.53 Å². The van der Waals surface area contributed by atoms with Gasteiger partial charge in [0, 0.05) is 17.2 Å². The van der Waals surface area contributed by atoms with Gasteiger partial charge in [-0.3, -0.25) is 4.90 Å². The first-order valence-electron chi connectivity index (χ1n) is 6.30. The van der Waals surface area contributed by atoms with Crippen LogP contribution in [0.25, 0.3) is 0 Å². The summed E-state index contributed by atoms with van der Waals surface area (Å²) in [5.41, 5.74) is 0.959. The summed E-state index contributed by atoms with van der Waals surface area (Å²) in [6.45, 7) is 2.64. The topological polar surface area (TPSA) is 42.4 Å². The molecule has 0 aliphatic heterocycles. The normalized spacial score (nSPS) is 10.1. The van der Waals surface area contributed by atoms with Crippen LogP contribution in [-0.2, 0) is 11.3 Å². The fourth-order valence-corrected chi connectivity index (χ4v) is 1.94. The zero-order chi connectivity index (χ0) is 14.4. The van der Waals surface area contributed by atoms with E-state index < -0.39 is 6.09 Å². The molecule has 104 valence electrons. The van der Waals surface area contributed by atoms with Crippen LogP contribution in [0.4, 0.5) is 10.6 Å². The van der Waals surface area contributed by atoms with Gasteiger partial charge in [-0.25, -0.2) is 9.78 Å². The van der Waals surface area contributed by atoms with Crippen LogP contribution < -0.4 is 4.90 Å². The fraction of sp³-hybridized carbons (Fsp3) is 0.200. The van der Waals surface area contributed by atoms with Gasteiger partial charge in [0.2, 0.25) is 0 Å². The van der Waals surface area contributed by atoms with Crippen LogP contribution in [0.1, 0.15) is 12.5 Å². The maximum absolute atomic E-state index is 12.1. The molecule has 0 aliphatic carbocycles. The Morgan fingerprint density at radius 2 is 2.00 bits per heavy atom. The lowest BCUT2D eigenvalue weighted by atomic mass is 10.2. The van der Waals surface area contributed by atoms with E-state index in [0.717, 1.165) is 10.0 Å².